The molecule has 2 heteroatoms. The van der Waals surface area contributed by atoms with Gasteiger partial charge >= 0.3 is 0 Å². The van der Waals surface area contributed by atoms with Crippen LogP contribution in [0.3, 0.4) is 0 Å². The molecule has 20 heavy (non-hydrogen) atoms. The number of ether oxygens (including phenoxy) is 1. The lowest BCUT2D eigenvalue weighted by molar-refractivity contribution is 0.0679. The van der Waals surface area contributed by atoms with E-state index in [1.165, 1.54) is 16.7 Å². The largest absolute Gasteiger partial charge is 0.375 e. The Bertz CT molecular complexity index is 524. The molecule has 2 aromatic carbocycles. The third kappa shape index (κ3) is 3.27. The van der Waals surface area contributed by atoms with Crippen LogP contribution in [0.1, 0.15) is 35.8 Å². The molecule has 0 saturated carbocycles. The van der Waals surface area contributed by atoms with Crippen LogP contribution < -0.4 is 5.32 Å². The minimum atomic E-state index is 0.0113. The first-order valence-electron chi connectivity index (χ1n) is 7.14. The zero-order valence-electron chi connectivity index (χ0n) is 12.5. The zero-order valence-corrected chi connectivity index (χ0v) is 12.5. The Balaban J connectivity index is 2.39. The molecule has 2 aromatic rings. The summed E-state index contributed by atoms with van der Waals surface area (Å²) in [6, 6.07) is 19.0. The van der Waals surface area contributed by atoms with Gasteiger partial charge in [-0.05, 0) is 30.2 Å². The Hall–Kier alpha value is -1.64. The van der Waals surface area contributed by atoms with Crippen LogP contribution in [-0.4, -0.2) is 13.7 Å². The highest BCUT2D eigenvalue weighted by atomic mass is 16.5. The number of likely N-dealkylation sites (N-methyl/N-ethyl adjacent to an activating group) is 1. The Labute approximate surface area is 121 Å². The summed E-state index contributed by atoms with van der Waals surface area (Å²) in [6.45, 7) is 5.19. The number of nitrogens with one attached hydrogen (secondary N) is 1. The molecule has 0 radical (unpaired) electrons. The highest BCUT2D eigenvalue weighted by Gasteiger charge is 2.24. The van der Waals surface area contributed by atoms with E-state index < -0.39 is 0 Å². The van der Waals surface area contributed by atoms with Gasteiger partial charge in [0.25, 0.3) is 0 Å². The molecule has 0 aliphatic rings. The fourth-order valence-electron chi connectivity index (χ4n) is 2.64. The van der Waals surface area contributed by atoms with Crippen molar-refractivity contribution >= 4 is 0 Å². The van der Waals surface area contributed by atoms with Gasteiger partial charge in [-0.25, -0.2) is 0 Å². The molecule has 106 valence electrons. The molecule has 2 atom stereocenters. The van der Waals surface area contributed by atoms with E-state index in [4.69, 9.17) is 4.74 Å². The molecule has 0 bridgehead atoms. The molecule has 0 saturated heterocycles. The SMILES string of the molecule is CCNC(c1ccccc1C)C(OC)c1ccccc1. The number of methoxy groups -OCH3 is 1. The maximum absolute atomic E-state index is 5.80. The number of hydrogen-bond donors (Lipinski definition) is 1. The molecule has 0 spiro atoms. The van der Waals surface area contributed by atoms with Gasteiger partial charge in [-0.1, -0.05) is 61.5 Å². The Morgan fingerprint density at radius 2 is 1.65 bits per heavy atom. The summed E-state index contributed by atoms with van der Waals surface area (Å²) in [7, 11) is 1.78. The minimum absolute atomic E-state index is 0.0113. The Kier molecular flexibility index (Phi) is 5.33. The molecule has 0 aromatic heterocycles. The Morgan fingerprint density at radius 3 is 2.25 bits per heavy atom. The van der Waals surface area contributed by atoms with Gasteiger partial charge in [0.1, 0.15) is 6.10 Å². The summed E-state index contributed by atoms with van der Waals surface area (Å²) in [5.41, 5.74) is 3.78. The molecule has 0 aliphatic heterocycles. The topological polar surface area (TPSA) is 21.3 Å². The van der Waals surface area contributed by atoms with Crippen LogP contribution in [0.25, 0.3) is 0 Å². The van der Waals surface area contributed by atoms with Crippen molar-refractivity contribution in [3.8, 4) is 0 Å². The standard InChI is InChI=1S/C18H23NO/c1-4-19-17(16-13-9-8-10-14(16)2)18(20-3)15-11-6-5-7-12-15/h5-13,17-19H,4H2,1-3H3. The molecule has 0 amide bonds. The van der Waals surface area contributed by atoms with Gasteiger partial charge in [0, 0.05) is 7.11 Å². The van der Waals surface area contributed by atoms with E-state index >= 15 is 0 Å². The van der Waals surface area contributed by atoms with Crippen LogP contribution in [0.2, 0.25) is 0 Å². The monoisotopic (exact) mass is 269 g/mol. The van der Waals surface area contributed by atoms with Gasteiger partial charge in [-0.3, -0.25) is 0 Å². The van der Waals surface area contributed by atoms with Gasteiger partial charge in [0.2, 0.25) is 0 Å². The minimum Gasteiger partial charge on any atom is -0.375 e. The first-order chi connectivity index (χ1) is 9.77. The zero-order chi connectivity index (χ0) is 14.4. The average Bonchev–Trinajstić information content (AvgIpc) is 2.49. The number of benzene rings is 2. The summed E-state index contributed by atoms with van der Waals surface area (Å²) in [4.78, 5) is 0. The lowest BCUT2D eigenvalue weighted by atomic mass is 9.92. The van der Waals surface area contributed by atoms with Crippen molar-refractivity contribution in [2.75, 3.05) is 13.7 Å². The van der Waals surface area contributed by atoms with Crippen molar-refractivity contribution in [2.45, 2.75) is 26.0 Å². The van der Waals surface area contributed by atoms with Crippen LogP contribution in [0.15, 0.2) is 54.6 Å². The normalized spacial score (nSPS) is 13.9. The average molecular weight is 269 g/mol. The molecular weight excluding hydrogens is 246 g/mol. The van der Waals surface area contributed by atoms with Gasteiger partial charge in [0.05, 0.1) is 6.04 Å². The lowest BCUT2D eigenvalue weighted by Crippen LogP contribution is -2.28. The van der Waals surface area contributed by atoms with Crippen LogP contribution in [-0.2, 0) is 4.74 Å². The second-order valence-corrected chi connectivity index (χ2v) is 4.96. The van der Waals surface area contributed by atoms with Crippen LogP contribution in [0, 0.1) is 6.92 Å². The third-order valence-electron chi connectivity index (χ3n) is 3.63. The smallest absolute Gasteiger partial charge is 0.102 e. The summed E-state index contributed by atoms with van der Waals surface area (Å²) in [5, 5.41) is 3.56. The fourth-order valence-corrected chi connectivity index (χ4v) is 2.64. The third-order valence-corrected chi connectivity index (χ3v) is 3.63. The molecule has 2 nitrogen and oxygen atoms in total. The number of rotatable bonds is 6. The van der Waals surface area contributed by atoms with E-state index in [2.05, 4.69) is 67.7 Å². The highest BCUT2D eigenvalue weighted by Crippen LogP contribution is 2.32. The van der Waals surface area contributed by atoms with E-state index in [9.17, 15) is 0 Å². The van der Waals surface area contributed by atoms with Crippen molar-refractivity contribution in [3.63, 3.8) is 0 Å². The maximum Gasteiger partial charge on any atom is 0.102 e. The molecule has 0 fully saturated rings. The fraction of sp³-hybridized carbons (Fsp3) is 0.333. The van der Waals surface area contributed by atoms with E-state index in [-0.39, 0.29) is 12.1 Å². The Morgan fingerprint density at radius 1 is 1.00 bits per heavy atom. The molecule has 0 heterocycles. The second-order valence-electron chi connectivity index (χ2n) is 4.96. The van der Waals surface area contributed by atoms with Gasteiger partial charge in [-0.15, -0.1) is 0 Å². The predicted molar refractivity (Wildman–Crippen MR) is 83.8 cm³/mol. The predicted octanol–water partition coefficient (Wildman–Crippen LogP) is 4.03. The second kappa shape index (κ2) is 7.22. The van der Waals surface area contributed by atoms with Crippen LogP contribution in [0.4, 0.5) is 0 Å². The molecule has 2 unspecified atom stereocenters. The van der Waals surface area contributed by atoms with E-state index in [0.29, 0.717) is 0 Å². The number of aryl methyl sites for hydroxylation is 1. The summed E-state index contributed by atoms with van der Waals surface area (Å²) >= 11 is 0. The summed E-state index contributed by atoms with van der Waals surface area (Å²) in [6.07, 6.45) is 0.0113. The quantitative estimate of drug-likeness (QED) is 0.854. The van der Waals surface area contributed by atoms with Gasteiger partial charge in [0.15, 0.2) is 0 Å². The van der Waals surface area contributed by atoms with E-state index in [0.717, 1.165) is 6.54 Å². The highest BCUT2D eigenvalue weighted by molar-refractivity contribution is 5.32. The summed E-state index contributed by atoms with van der Waals surface area (Å²) < 4.78 is 5.80. The first kappa shape index (κ1) is 14.8. The summed E-state index contributed by atoms with van der Waals surface area (Å²) in [5.74, 6) is 0. The van der Waals surface area contributed by atoms with Gasteiger partial charge < -0.3 is 10.1 Å². The van der Waals surface area contributed by atoms with Crippen molar-refractivity contribution in [1.82, 2.24) is 5.32 Å². The van der Waals surface area contributed by atoms with Crippen molar-refractivity contribution in [2.24, 2.45) is 0 Å². The van der Waals surface area contributed by atoms with Crippen molar-refractivity contribution in [1.29, 1.82) is 0 Å². The molecule has 0 aliphatic carbocycles. The van der Waals surface area contributed by atoms with Crippen molar-refractivity contribution < 1.29 is 4.74 Å². The van der Waals surface area contributed by atoms with Crippen LogP contribution >= 0.6 is 0 Å². The van der Waals surface area contributed by atoms with Crippen LogP contribution in [0.5, 0.6) is 0 Å². The molecule has 1 N–H and O–H groups in total. The molecular formula is C18H23NO. The first-order valence-corrected chi connectivity index (χ1v) is 7.14. The molecule has 2 rings (SSSR count). The number of hydrogen-bond acceptors (Lipinski definition) is 2. The lowest BCUT2D eigenvalue weighted by Gasteiger charge is -2.28. The van der Waals surface area contributed by atoms with Gasteiger partial charge in [-0.2, -0.15) is 0 Å². The van der Waals surface area contributed by atoms with E-state index in [1.54, 1.807) is 7.11 Å². The maximum atomic E-state index is 5.80. The van der Waals surface area contributed by atoms with E-state index in [1.807, 2.05) is 6.07 Å². The van der Waals surface area contributed by atoms with Crippen molar-refractivity contribution in [3.05, 3.63) is 71.3 Å².